The van der Waals surface area contributed by atoms with E-state index in [1.54, 1.807) is 0 Å². The van der Waals surface area contributed by atoms with Crippen LogP contribution in [-0.2, 0) is 0 Å². The maximum atomic E-state index is 2.39. The predicted molar refractivity (Wildman–Crippen MR) is 61.9 cm³/mol. The van der Waals surface area contributed by atoms with Gasteiger partial charge >= 0.3 is 0 Å². The number of rotatable bonds is 4. The van der Waals surface area contributed by atoms with Crippen molar-refractivity contribution in [2.45, 2.75) is 60.8 Å². The van der Waals surface area contributed by atoms with Crippen LogP contribution in [0.1, 0.15) is 60.8 Å². The lowest BCUT2D eigenvalue weighted by molar-refractivity contribution is 0.248. The van der Waals surface area contributed by atoms with E-state index < -0.39 is 0 Å². The molecule has 78 valence electrons. The minimum absolute atomic E-state index is 0.466. The van der Waals surface area contributed by atoms with Crippen LogP contribution in [0.5, 0.6) is 0 Å². The van der Waals surface area contributed by atoms with Gasteiger partial charge in [-0.1, -0.05) is 46.3 Å². The fourth-order valence-electron chi connectivity index (χ4n) is 1.16. The summed E-state index contributed by atoms with van der Waals surface area (Å²) in [5.41, 5.74) is 2.00. The molecule has 0 bridgehead atoms. The van der Waals surface area contributed by atoms with E-state index in [-0.39, 0.29) is 0 Å². The van der Waals surface area contributed by atoms with E-state index in [2.05, 4.69) is 47.6 Å². The molecule has 0 aliphatic carbocycles. The molecule has 0 radical (unpaired) electrons. The summed E-state index contributed by atoms with van der Waals surface area (Å²) in [7, 11) is 0. The number of hydrogen-bond acceptors (Lipinski definition) is 0. The molecular formula is C13H26. The summed E-state index contributed by atoms with van der Waals surface area (Å²) < 4.78 is 0. The largest absolute Gasteiger partial charge is 0.0856 e. The highest BCUT2D eigenvalue weighted by atomic mass is 14.2. The number of hydrogen-bond donors (Lipinski definition) is 0. The first-order valence-electron chi connectivity index (χ1n) is 5.53. The summed E-state index contributed by atoms with van der Waals surface area (Å²) in [6, 6.07) is 0. The van der Waals surface area contributed by atoms with Gasteiger partial charge in [0.15, 0.2) is 0 Å². The second-order valence-electron chi connectivity index (χ2n) is 5.25. The zero-order valence-corrected chi connectivity index (χ0v) is 10.3. The fraction of sp³-hybridized carbons (Fsp3) is 0.846. The van der Waals surface area contributed by atoms with Gasteiger partial charge in [0.1, 0.15) is 0 Å². The first-order chi connectivity index (χ1) is 5.88. The van der Waals surface area contributed by atoms with E-state index in [0.29, 0.717) is 5.41 Å². The van der Waals surface area contributed by atoms with Crippen LogP contribution in [-0.4, -0.2) is 0 Å². The van der Waals surface area contributed by atoms with Crippen molar-refractivity contribution < 1.29 is 0 Å². The Balaban J connectivity index is 3.78. The Bertz CT molecular complexity index is 157. The summed E-state index contributed by atoms with van der Waals surface area (Å²) in [5, 5.41) is 0. The third-order valence-corrected chi connectivity index (χ3v) is 3.13. The molecule has 0 heterocycles. The first-order valence-corrected chi connectivity index (χ1v) is 5.53. The van der Waals surface area contributed by atoms with Crippen molar-refractivity contribution in [3.8, 4) is 0 Å². The van der Waals surface area contributed by atoms with E-state index in [1.165, 1.54) is 24.8 Å². The van der Waals surface area contributed by atoms with Crippen molar-refractivity contribution in [2.75, 3.05) is 0 Å². The molecule has 0 aromatic heterocycles. The molecule has 0 fully saturated rings. The second kappa shape index (κ2) is 5.47. The van der Waals surface area contributed by atoms with Crippen molar-refractivity contribution in [3.63, 3.8) is 0 Å². The molecule has 1 atom stereocenters. The normalized spacial score (nSPS) is 16.0. The zero-order chi connectivity index (χ0) is 10.5. The minimum atomic E-state index is 0.466. The van der Waals surface area contributed by atoms with Gasteiger partial charge in [-0.3, -0.25) is 0 Å². The molecule has 0 amide bonds. The zero-order valence-electron chi connectivity index (χ0n) is 10.3. The Labute approximate surface area is 84.4 Å². The van der Waals surface area contributed by atoms with Gasteiger partial charge in [-0.15, -0.1) is 0 Å². The summed E-state index contributed by atoms with van der Waals surface area (Å²) in [4.78, 5) is 0. The van der Waals surface area contributed by atoms with E-state index in [0.717, 1.165) is 5.92 Å². The molecule has 0 saturated carbocycles. The van der Waals surface area contributed by atoms with Crippen molar-refractivity contribution >= 4 is 0 Å². The molecule has 0 N–H and O–H groups in total. The van der Waals surface area contributed by atoms with Gasteiger partial charge < -0.3 is 0 Å². The van der Waals surface area contributed by atoms with Crippen LogP contribution >= 0.6 is 0 Å². The molecule has 0 aliphatic heterocycles. The van der Waals surface area contributed by atoms with Gasteiger partial charge in [0.05, 0.1) is 0 Å². The Kier molecular flexibility index (Phi) is 5.36. The highest BCUT2D eigenvalue weighted by molar-refractivity contribution is 4.96. The van der Waals surface area contributed by atoms with Gasteiger partial charge in [-0.2, -0.15) is 0 Å². The highest BCUT2D eigenvalue weighted by Gasteiger charge is 2.18. The Morgan fingerprint density at radius 1 is 1.31 bits per heavy atom. The first kappa shape index (κ1) is 12.7. The van der Waals surface area contributed by atoms with Gasteiger partial charge in [0.25, 0.3) is 0 Å². The average molecular weight is 182 g/mol. The van der Waals surface area contributed by atoms with E-state index >= 15 is 0 Å². The smallest absolute Gasteiger partial charge is 0.0345 e. The van der Waals surface area contributed by atoms with Crippen LogP contribution < -0.4 is 0 Å². The summed E-state index contributed by atoms with van der Waals surface area (Å²) in [6.45, 7) is 13.8. The highest BCUT2D eigenvalue weighted by Crippen LogP contribution is 2.29. The maximum Gasteiger partial charge on any atom is -0.0345 e. The van der Waals surface area contributed by atoms with Gasteiger partial charge in [-0.05, 0) is 37.5 Å². The van der Waals surface area contributed by atoms with Crippen molar-refractivity contribution in [1.82, 2.24) is 0 Å². The molecular weight excluding hydrogens is 156 g/mol. The molecule has 0 rings (SSSR count). The lowest BCUT2D eigenvalue weighted by atomic mass is 9.79. The lowest BCUT2D eigenvalue weighted by Crippen LogP contribution is -2.16. The van der Waals surface area contributed by atoms with E-state index in [4.69, 9.17) is 0 Å². The van der Waals surface area contributed by atoms with Crippen molar-refractivity contribution in [3.05, 3.63) is 11.6 Å². The van der Waals surface area contributed by atoms with Crippen LogP contribution in [0.4, 0.5) is 0 Å². The number of allylic oxidation sites excluding steroid dienone is 2. The molecule has 0 aromatic carbocycles. The van der Waals surface area contributed by atoms with Crippen LogP contribution in [0.15, 0.2) is 11.6 Å². The average Bonchev–Trinajstić information content (AvgIpc) is 2.02. The summed E-state index contributed by atoms with van der Waals surface area (Å²) >= 11 is 0. The molecule has 0 nitrogen and oxygen atoms in total. The monoisotopic (exact) mass is 182 g/mol. The topological polar surface area (TPSA) is 0 Å². The van der Waals surface area contributed by atoms with E-state index in [9.17, 15) is 0 Å². The van der Waals surface area contributed by atoms with Crippen LogP contribution in [0.3, 0.4) is 0 Å². The molecule has 0 aliphatic rings. The molecule has 1 unspecified atom stereocenters. The molecule has 0 aromatic rings. The predicted octanol–water partition coefficient (Wildman–Crippen LogP) is 4.81. The van der Waals surface area contributed by atoms with Crippen LogP contribution in [0, 0.1) is 11.3 Å². The molecule has 13 heavy (non-hydrogen) atoms. The van der Waals surface area contributed by atoms with Gasteiger partial charge in [0.2, 0.25) is 0 Å². The maximum absolute atomic E-state index is 2.39. The second-order valence-corrected chi connectivity index (χ2v) is 5.25. The SMILES string of the molecule is CC/C(C)=C/CCC(C)C(C)(C)C. The quantitative estimate of drug-likeness (QED) is 0.548. The lowest BCUT2D eigenvalue weighted by Gasteiger charge is -2.26. The fourth-order valence-corrected chi connectivity index (χ4v) is 1.16. The Morgan fingerprint density at radius 2 is 1.85 bits per heavy atom. The Morgan fingerprint density at radius 3 is 2.23 bits per heavy atom. The van der Waals surface area contributed by atoms with Crippen molar-refractivity contribution in [2.24, 2.45) is 11.3 Å². The summed E-state index contributed by atoms with van der Waals surface area (Å²) in [6.07, 6.45) is 6.16. The standard InChI is InChI=1S/C13H26/c1-7-11(2)9-8-10-12(3)13(4,5)6/h9,12H,7-8,10H2,1-6H3/b11-9+. The molecule has 0 spiro atoms. The van der Waals surface area contributed by atoms with Gasteiger partial charge in [-0.25, -0.2) is 0 Å². The third-order valence-electron chi connectivity index (χ3n) is 3.13. The Hall–Kier alpha value is -0.260. The minimum Gasteiger partial charge on any atom is -0.0856 e. The van der Waals surface area contributed by atoms with E-state index in [1.807, 2.05) is 0 Å². The third kappa shape index (κ3) is 5.90. The molecule has 0 heteroatoms. The molecule has 0 saturated heterocycles. The van der Waals surface area contributed by atoms with Crippen molar-refractivity contribution in [1.29, 1.82) is 0 Å². The van der Waals surface area contributed by atoms with Gasteiger partial charge in [0, 0.05) is 0 Å². The summed E-state index contributed by atoms with van der Waals surface area (Å²) in [5.74, 6) is 0.813. The van der Waals surface area contributed by atoms with Crippen LogP contribution in [0.2, 0.25) is 0 Å². The van der Waals surface area contributed by atoms with Crippen LogP contribution in [0.25, 0.3) is 0 Å².